The van der Waals surface area contributed by atoms with E-state index >= 15 is 0 Å². The third-order valence-electron chi connectivity index (χ3n) is 4.91. The van der Waals surface area contributed by atoms with Crippen LogP contribution >= 0.6 is 0 Å². The Labute approximate surface area is 160 Å². The number of nitrogens with zero attached hydrogens (tertiary/aromatic N) is 4. The summed E-state index contributed by atoms with van der Waals surface area (Å²) in [7, 11) is 1.57. The minimum Gasteiger partial charge on any atom is -0.479 e. The number of anilines is 1. The molecule has 0 radical (unpaired) electrons. The van der Waals surface area contributed by atoms with Gasteiger partial charge in [-0.1, -0.05) is 17.7 Å². The van der Waals surface area contributed by atoms with Gasteiger partial charge in [0.05, 0.1) is 7.11 Å². The predicted octanol–water partition coefficient (Wildman–Crippen LogP) is 2.80. The molecule has 0 unspecified atom stereocenters. The maximum absolute atomic E-state index is 9.64. The van der Waals surface area contributed by atoms with Crippen LogP contribution in [0.1, 0.15) is 16.8 Å². The minimum atomic E-state index is 0.405. The van der Waals surface area contributed by atoms with Crippen molar-refractivity contribution in [3.63, 3.8) is 0 Å². The van der Waals surface area contributed by atoms with Crippen LogP contribution in [0, 0.1) is 20.8 Å². The van der Waals surface area contributed by atoms with E-state index in [1.165, 1.54) is 11.3 Å². The van der Waals surface area contributed by atoms with Crippen molar-refractivity contribution < 1.29 is 9.94 Å². The smallest absolute Gasteiger partial charge is 0.240 e. The average molecular weight is 369 g/mol. The number of guanidine groups is 1. The molecule has 0 atom stereocenters. The van der Waals surface area contributed by atoms with Gasteiger partial charge in [-0.3, -0.25) is 5.21 Å². The van der Waals surface area contributed by atoms with E-state index in [2.05, 4.69) is 51.5 Å². The number of aromatic nitrogens is 1. The van der Waals surface area contributed by atoms with Gasteiger partial charge >= 0.3 is 0 Å². The van der Waals surface area contributed by atoms with Crippen LogP contribution < -0.4 is 15.1 Å². The fourth-order valence-electron chi connectivity index (χ4n) is 3.11. The zero-order chi connectivity index (χ0) is 19.4. The second kappa shape index (κ2) is 8.26. The molecule has 1 fully saturated rings. The van der Waals surface area contributed by atoms with Crippen LogP contribution in [-0.4, -0.2) is 54.3 Å². The topological polar surface area (TPSA) is 73.2 Å². The van der Waals surface area contributed by atoms with Gasteiger partial charge in [0.1, 0.15) is 5.69 Å². The van der Waals surface area contributed by atoms with Crippen molar-refractivity contribution in [1.82, 2.24) is 15.4 Å². The Hall–Kier alpha value is -2.80. The lowest BCUT2D eigenvalue weighted by atomic mass is 10.2. The summed E-state index contributed by atoms with van der Waals surface area (Å²) in [5.74, 6) is 0.853. The van der Waals surface area contributed by atoms with Gasteiger partial charge in [-0.15, -0.1) is 0 Å². The summed E-state index contributed by atoms with van der Waals surface area (Å²) in [5.41, 5.74) is 7.24. The normalized spacial score (nSPS) is 15.1. The number of rotatable bonds is 3. The Morgan fingerprint density at radius 1 is 1.11 bits per heavy atom. The number of benzene rings is 1. The molecule has 1 aliphatic rings. The van der Waals surface area contributed by atoms with Gasteiger partial charge in [-0.25, -0.2) is 15.5 Å². The standard InChI is InChI=1S/C20H27N5O2/c1-14-5-7-17(8-6-14)24-9-11-25(12-10-24)20(23-26)22-18-13-15(2)16(3)21-19(18)27-4/h5-8,13,26H,9-12H2,1-4H3,(H,22,23). The highest BCUT2D eigenvalue weighted by atomic mass is 16.5. The van der Waals surface area contributed by atoms with Crippen molar-refractivity contribution in [2.75, 3.05) is 38.2 Å². The van der Waals surface area contributed by atoms with Crippen LogP contribution in [0.25, 0.3) is 0 Å². The minimum absolute atomic E-state index is 0.405. The number of piperazine rings is 1. The van der Waals surface area contributed by atoms with Crippen LogP contribution in [-0.2, 0) is 0 Å². The van der Waals surface area contributed by atoms with Crippen LogP contribution in [0.5, 0.6) is 5.88 Å². The van der Waals surface area contributed by atoms with Gasteiger partial charge in [0.25, 0.3) is 0 Å². The van der Waals surface area contributed by atoms with E-state index in [-0.39, 0.29) is 0 Å². The highest BCUT2D eigenvalue weighted by molar-refractivity contribution is 5.82. The molecule has 3 rings (SSSR count). The number of nitrogens with one attached hydrogen (secondary N) is 1. The number of hydrogen-bond donors (Lipinski definition) is 2. The highest BCUT2D eigenvalue weighted by Crippen LogP contribution is 2.28. The van der Waals surface area contributed by atoms with Crippen molar-refractivity contribution in [2.24, 2.45) is 4.99 Å². The molecule has 7 heteroatoms. The monoisotopic (exact) mass is 369 g/mol. The van der Waals surface area contributed by atoms with E-state index in [0.29, 0.717) is 17.5 Å². The number of hydroxylamine groups is 1. The molecule has 7 nitrogen and oxygen atoms in total. The van der Waals surface area contributed by atoms with Gasteiger partial charge < -0.3 is 14.5 Å². The number of aliphatic imine (C=N–C) groups is 1. The first-order valence-electron chi connectivity index (χ1n) is 9.09. The maximum Gasteiger partial charge on any atom is 0.240 e. The summed E-state index contributed by atoms with van der Waals surface area (Å²) in [5, 5.41) is 9.64. The van der Waals surface area contributed by atoms with E-state index in [9.17, 15) is 5.21 Å². The lowest BCUT2D eigenvalue weighted by Crippen LogP contribution is -2.52. The zero-order valence-corrected chi connectivity index (χ0v) is 16.4. The average Bonchev–Trinajstić information content (AvgIpc) is 2.69. The molecule has 2 aromatic rings. The summed E-state index contributed by atoms with van der Waals surface area (Å²) >= 11 is 0. The van der Waals surface area contributed by atoms with Crippen molar-refractivity contribution in [2.45, 2.75) is 20.8 Å². The van der Waals surface area contributed by atoms with Gasteiger partial charge in [0.2, 0.25) is 11.8 Å². The van der Waals surface area contributed by atoms with Crippen molar-refractivity contribution in [3.05, 3.63) is 47.2 Å². The molecule has 0 amide bonds. The molecule has 1 aliphatic heterocycles. The Morgan fingerprint density at radius 2 is 1.78 bits per heavy atom. The largest absolute Gasteiger partial charge is 0.479 e. The summed E-state index contributed by atoms with van der Waals surface area (Å²) < 4.78 is 5.34. The van der Waals surface area contributed by atoms with Crippen molar-refractivity contribution in [3.8, 4) is 5.88 Å². The second-order valence-corrected chi connectivity index (χ2v) is 6.78. The number of hydrogen-bond acceptors (Lipinski definition) is 5. The number of ether oxygens (including phenoxy) is 1. The molecule has 144 valence electrons. The van der Waals surface area contributed by atoms with Crippen molar-refractivity contribution >= 4 is 17.3 Å². The van der Waals surface area contributed by atoms with E-state index in [1.807, 2.05) is 24.8 Å². The molecule has 0 aliphatic carbocycles. The summed E-state index contributed by atoms with van der Waals surface area (Å²) in [6.45, 7) is 9.21. The van der Waals surface area contributed by atoms with Crippen LogP contribution in [0.15, 0.2) is 35.3 Å². The molecule has 0 spiro atoms. The Kier molecular flexibility index (Phi) is 5.81. The van der Waals surface area contributed by atoms with Crippen LogP contribution in [0.2, 0.25) is 0 Å². The fourth-order valence-corrected chi connectivity index (χ4v) is 3.11. The van der Waals surface area contributed by atoms with E-state index in [1.54, 1.807) is 7.11 Å². The molecular formula is C20H27N5O2. The number of methoxy groups -OCH3 is 1. The molecule has 2 N–H and O–H groups in total. The van der Waals surface area contributed by atoms with Crippen LogP contribution in [0.3, 0.4) is 0 Å². The first kappa shape index (κ1) is 19.0. The van der Waals surface area contributed by atoms with Crippen LogP contribution in [0.4, 0.5) is 11.4 Å². The number of aryl methyl sites for hydroxylation is 3. The predicted molar refractivity (Wildman–Crippen MR) is 107 cm³/mol. The molecule has 0 bridgehead atoms. The van der Waals surface area contributed by atoms with E-state index < -0.39 is 0 Å². The van der Waals surface area contributed by atoms with E-state index in [4.69, 9.17) is 4.74 Å². The third-order valence-corrected chi connectivity index (χ3v) is 4.91. The second-order valence-electron chi connectivity index (χ2n) is 6.78. The van der Waals surface area contributed by atoms with Gasteiger partial charge in [0.15, 0.2) is 0 Å². The molecule has 1 saturated heterocycles. The summed E-state index contributed by atoms with van der Waals surface area (Å²) in [6, 6.07) is 10.5. The molecule has 1 aromatic carbocycles. The molecule has 1 aromatic heterocycles. The fraction of sp³-hybridized carbons (Fsp3) is 0.400. The highest BCUT2D eigenvalue weighted by Gasteiger charge is 2.21. The van der Waals surface area contributed by atoms with Crippen molar-refractivity contribution in [1.29, 1.82) is 0 Å². The Bertz CT molecular complexity index is 812. The summed E-state index contributed by atoms with van der Waals surface area (Å²) in [4.78, 5) is 13.3. The first-order valence-corrected chi connectivity index (χ1v) is 9.09. The third kappa shape index (κ3) is 4.31. The lowest BCUT2D eigenvalue weighted by Gasteiger charge is -2.37. The first-order chi connectivity index (χ1) is 13.0. The Balaban J connectivity index is 1.75. The summed E-state index contributed by atoms with van der Waals surface area (Å²) in [6.07, 6.45) is 0. The number of pyridine rings is 1. The molecular weight excluding hydrogens is 342 g/mol. The quantitative estimate of drug-likeness (QED) is 0.492. The lowest BCUT2D eigenvalue weighted by molar-refractivity contribution is 0.207. The van der Waals surface area contributed by atoms with E-state index in [0.717, 1.165) is 37.4 Å². The zero-order valence-electron chi connectivity index (χ0n) is 16.4. The van der Waals surface area contributed by atoms with Gasteiger partial charge in [-0.2, -0.15) is 0 Å². The SMILES string of the molecule is COc1nc(C)c(C)cc1N=C(NO)N1CCN(c2ccc(C)cc2)CC1. The Morgan fingerprint density at radius 3 is 2.37 bits per heavy atom. The maximum atomic E-state index is 9.64. The molecule has 2 heterocycles. The van der Waals surface area contributed by atoms with Gasteiger partial charge in [0, 0.05) is 37.6 Å². The van der Waals surface area contributed by atoms with Gasteiger partial charge in [-0.05, 0) is 44.5 Å². The molecule has 0 saturated carbocycles. The molecule has 27 heavy (non-hydrogen) atoms.